The Morgan fingerprint density at radius 3 is 1.64 bits per heavy atom. The van der Waals surface area contributed by atoms with Gasteiger partial charge in [0.15, 0.2) is 0 Å². The van der Waals surface area contributed by atoms with Crippen LogP contribution >= 0.6 is 0 Å². The topological polar surface area (TPSA) is 29.3 Å². The smallest absolute Gasteiger partial charge is 0.0109 e. The van der Waals surface area contributed by atoms with Gasteiger partial charge in [0.1, 0.15) is 0 Å². The molecular formula is C9H24N2. The molecule has 0 spiro atoms. The molecule has 0 radical (unpaired) electrons. The molecule has 0 saturated heterocycles. The molecule has 70 valence electrons. The molecule has 0 unspecified atom stereocenters. The summed E-state index contributed by atoms with van der Waals surface area (Å²) in [5.41, 5.74) is 5.75. The highest BCUT2D eigenvalue weighted by atomic mass is 15.1. The highest BCUT2D eigenvalue weighted by Gasteiger charge is 2.09. The number of nitrogens with two attached hydrogens (primary N) is 1. The Hall–Kier alpha value is -0.0800. The largest absolute Gasteiger partial charge is 0.326 e. The molecule has 2 heteroatoms. The summed E-state index contributed by atoms with van der Waals surface area (Å²) < 4.78 is 0. The molecule has 0 aromatic rings. The average Bonchev–Trinajstić information content (AvgIpc) is 1.87. The second-order valence-electron chi connectivity index (χ2n) is 3.54. The molecule has 0 amide bonds. The summed E-state index contributed by atoms with van der Waals surface area (Å²) >= 11 is 0. The molecule has 0 rings (SSSR count). The van der Waals surface area contributed by atoms with Crippen LogP contribution in [0, 0.1) is 0 Å². The van der Waals surface area contributed by atoms with Gasteiger partial charge in [-0.3, -0.25) is 0 Å². The van der Waals surface area contributed by atoms with Gasteiger partial charge in [0.2, 0.25) is 0 Å². The van der Waals surface area contributed by atoms with Crippen LogP contribution in [0.1, 0.15) is 34.1 Å². The van der Waals surface area contributed by atoms with Crippen molar-refractivity contribution in [2.24, 2.45) is 5.73 Å². The van der Waals surface area contributed by atoms with Crippen molar-refractivity contribution in [3.05, 3.63) is 0 Å². The number of nitrogens with zero attached hydrogens (tertiary/aromatic N) is 1. The fraction of sp³-hybridized carbons (Fsp3) is 1.00. The second kappa shape index (κ2) is 6.62. The molecule has 0 aliphatic heterocycles. The standard InChI is InChI=1S/C7H18N2.C2H6/c1-7(2,8)5-6-9(3)4;1-2/h5-6,8H2,1-4H3;1-2H3. The molecule has 0 atom stereocenters. The zero-order valence-electron chi connectivity index (χ0n) is 8.94. The molecule has 0 aromatic carbocycles. The van der Waals surface area contributed by atoms with E-state index in [1.165, 1.54) is 0 Å². The fourth-order valence-electron chi connectivity index (χ4n) is 0.512. The zero-order chi connectivity index (χ0) is 9.49. The average molecular weight is 160 g/mol. The van der Waals surface area contributed by atoms with Gasteiger partial charge in [-0.15, -0.1) is 0 Å². The first-order chi connectivity index (χ1) is 4.92. The molecule has 0 bridgehead atoms. The minimum atomic E-state index is -0.00965. The van der Waals surface area contributed by atoms with Gasteiger partial charge in [0.05, 0.1) is 0 Å². The van der Waals surface area contributed by atoms with E-state index in [1.54, 1.807) is 0 Å². The normalized spacial score (nSPS) is 10.9. The van der Waals surface area contributed by atoms with Crippen molar-refractivity contribution in [1.82, 2.24) is 4.90 Å². The van der Waals surface area contributed by atoms with Gasteiger partial charge in [-0.25, -0.2) is 0 Å². The van der Waals surface area contributed by atoms with E-state index in [0.29, 0.717) is 0 Å². The zero-order valence-corrected chi connectivity index (χ0v) is 8.94. The minimum absolute atomic E-state index is 0.00965. The highest BCUT2D eigenvalue weighted by molar-refractivity contribution is 4.71. The summed E-state index contributed by atoms with van der Waals surface area (Å²) in [5.74, 6) is 0. The Morgan fingerprint density at radius 1 is 1.18 bits per heavy atom. The lowest BCUT2D eigenvalue weighted by molar-refractivity contribution is 0.344. The summed E-state index contributed by atoms with van der Waals surface area (Å²) in [6.07, 6.45) is 1.06. The van der Waals surface area contributed by atoms with E-state index in [0.717, 1.165) is 13.0 Å². The van der Waals surface area contributed by atoms with E-state index >= 15 is 0 Å². The van der Waals surface area contributed by atoms with E-state index < -0.39 is 0 Å². The maximum atomic E-state index is 5.76. The minimum Gasteiger partial charge on any atom is -0.326 e. The molecular weight excluding hydrogens is 136 g/mol. The van der Waals surface area contributed by atoms with Crippen molar-refractivity contribution in [1.29, 1.82) is 0 Å². The van der Waals surface area contributed by atoms with Crippen molar-refractivity contribution >= 4 is 0 Å². The van der Waals surface area contributed by atoms with Gasteiger partial charge >= 0.3 is 0 Å². The Labute approximate surface area is 71.8 Å². The van der Waals surface area contributed by atoms with E-state index in [2.05, 4.69) is 32.8 Å². The van der Waals surface area contributed by atoms with Crippen molar-refractivity contribution in [2.45, 2.75) is 39.7 Å². The summed E-state index contributed by atoms with van der Waals surface area (Å²) in [7, 11) is 4.12. The molecule has 0 aliphatic rings. The molecule has 11 heavy (non-hydrogen) atoms. The van der Waals surface area contributed by atoms with Crippen molar-refractivity contribution in [3.8, 4) is 0 Å². The first-order valence-electron chi connectivity index (χ1n) is 4.35. The lowest BCUT2D eigenvalue weighted by Crippen LogP contribution is -2.35. The van der Waals surface area contributed by atoms with Crippen LogP contribution in [0.25, 0.3) is 0 Å². The Morgan fingerprint density at radius 2 is 1.55 bits per heavy atom. The van der Waals surface area contributed by atoms with E-state index in [9.17, 15) is 0 Å². The predicted molar refractivity (Wildman–Crippen MR) is 52.8 cm³/mol. The maximum Gasteiger partial charge on any atom is 0.0109 e. The lowest BCUT2D eigenvalue weighted by Gasteiger charge is -2.20. The van der Waals surface area contributed by atoms with Crippen molar-refractivity contribution in [2.75, 3.05) is 20.6 Å². The summed E-state index contributed by atoms with van der Waals surface area (Å²) in [5, 5.41) is 0. The molecule has 0 fully saturated rings. The van der Waals surface area contributed by atoms with E-state index in [4.69, 9.17) is 5.73 Å². The number of hydrogen-bond donors (Lipinski definition) is 1. The monoisotopic (exact) mass is 160 g/mol. The van der Waals surface area contributed by atoms with Crippen LogP contribution in [0.3, 0.4) is 0 Å². The van der Waals surface area contributed by atoms with Gasteiger partial charge in [-0.1, -0.05) is 13.8 Å². The highest BCUT2D eigenvalue weighted by Crippen LogP contribution is 2.02. The maximum absolute atomic E-state index is 5.76. The third-order valence-electron chi connectivity index (χ3n) is 1.20. The van der Waals surface area contributed by atoms with Crippen LogP contribution in [0.5, 0.6) is 0 Å². The number of rotatable bonds is 3. The Balaban J connectivity index is 0. The predicted octanol–water partition coefficient (Wildman–Crippen LogP) is 1.70. The molecule has 2 nitrogen and oxygen atoms in total. The van der Waals surface area contributed by atoms with Gasteiger partial charge in [0, 0.05) is 5.54 Å². The molecule has 0 heterocycles. The second-order valence-corrected chi connectivity index (χ2v) is 3.54. The van der Waals surface area contributed by atoms with Crippen LogP contribution in [-0.4, -0.2) is 31.1 Å². The van der Waals surface area contributed by atoms with Crippen LogP contribution < -0.4 is 5.73 Å². The molecule has 0 aliphatic carbocycles. The van der Waals surface area contributed by atoms with Gasteiger partial charge in [-0.05, 0) is 40.9 Å². The van der Waals surface area contributed by atoms with Crippen LogP contribution in [0.15, 0.2) is 0 Å². The van der Waals surface area contributed by atoms with Crippen LogP contribution in [0.4, 0.5) is 0 Å². The van der Waals surface area contributed by atoms with Crippen LogP contribution in [-0.2, 0) is 0 Å². The Bertz CT molecular complexity index is 72.1. The lowest BCUT2D eigenvalue weighted by atomic mass is 10.0. The van der Waals surface area contributed by atoms with Gasteiger partial charge in [-0.2, -0.15) is 0 Å². The molecule has 0 saturated carbocycles. The van der Waals surface area contributed by atoms with E-state index in [1.807, 2.05) is 13.8 Å². The first kappa shape index (κ1) is 13.5. The Kier molecular flexibility index (Phi) is 8.13. The van der Waals surface area contributed by atoms with Crippen LogP contribution in [0.2, 0.25) is 0 Å². The van der Waals surface area contributed by atoms with Gasteiger partial charge in [0.25, 0.3) is 0 Å². The third-order valence-corrected chi connectivity index (χ3v) is 1.20. The molecule has 0 aromatic heterocycles. The van der Waals surface area contributed by atoms with Crippen molar-refractivity contribution in [3.63, 3.8) is 0 Å². The quantitative estimate of drug-likeness (QED) is 0.681. The van der Waals surface area contributed by atoms with E-state index in [-0.39, 0.29) is 5.54 Å². The number of hydrogen-bond acceptors (Lipinski definition) is 2. The third kappa shape index (κ3) is 17.8. The van der Waals surface area contributed by atoms with Crippen molar-refractivity contribution < 1.29 is 0 Å². The first-order valence-corrected chi connectivity index (χ1v) is 4.35. The SMILES string of the molecule is CC.CN(C)CCC(C)(C)N. The molecule has 2 N–H and O–H groups in total. The summed E-state index contributed by atoms with van der Waals surface area (Å²) in [6, 6.07) is 0. The summed E-state index contributed by atoms with van der Waals surface area (Å²) in [4.78, 5) is 2.15. The van der Waals surface area contributed by atoms with Gasteiger partial charge < -0.3 is 10.6 Å². The fourth-order valence-corrected chi connectivity index (χ4v) is 0.512. The summed E-state index contributed by atoms with van der Waals surface area (Å²) in [6.45, 7) is 9.18.